The molecule has 218 valence electrons. The van der Waals surface area contributed by atoms with Crippen LogP contribution in [0.5, 0.6) is 0 Å². The molecule has 0 radical (unpaired) electrons. The van der Waals surface area contributed by atoms with Gasteiger partial charge in [-0.15, -0.1) is 0 Å². The number of carbonyl (C=O) groups excluding carboxylic acids is 1. The van der Waals surface area contributed by atoms with Gasteiger partial charge in [-0.05, 0) is 60.2 Å². The Kier molecular flexibility index (Phi) is 7.79. The quantitative estimate of drug-likeness (QED) is 0.516. The summed E-state index contributed by atoms with van der Waals surface area (Å²) in [6.45, 7) is 3.40. The second kappa shape index (κ2) is 11.0. The van der Waals surface area contributed by atoms with E-state index in [1.165, 1.54) is 9.80 Å². The molecule has 40 heavy (non-hydrogen) atoms. The van der Waals surface area contributed by atoms with E-state index >= 15 is 0 Å². The van der Waals surface area contributed by atoms with Gasteiger partial charge >= 0.3 is 12.2 Å². The second-order valence-electron chi connectivity index (χ2n) is 10.7. The second-order valence-corrected chi connectivity index (χ2v) is 10.7. The number of urea groups is 1. The largest absolute Gasteiger partial charge is 0.389 e. The van der Waals surface area contributed by atoms with Crippen LogP contribution < -0.4 is 15.1 Å². The summed E-state index contributed by atoms with van der Waals surface area (Å²) in [5.41, 5.74) is 2.75. The zero-order valence-corrected chi connectivity index (χ0v) is 22.1. The molecule has 2 N–H and O–H groups in total. The van der Waals surface area contributed by atoms with Crippen LogP contribution in [0.15, 0.2) is 30.3 Å². The van der Waals surface area contributed by atoms with E-state index in [1.54, 1.807) is 18.2 Å². The minimum Gasteiger partial charge on any atom is -0.385 e. The Morgan fingerprint density at radius 2 is 1.80 bits per heavy atom. The molecule has 0 bridgehead atoms. The summed E-state index contributed by atoms with van der Waals surface area (Å²) in [7, 11) is 0. The van der Waals surface area contributed by atoms with Crippen molar-refractivity contribution in [2.45, 2.75) is 38.0 Å². The number of β-amino-alcohol motifs (C(OH)–C–C–N with tert-alkyl or cyclic N) is 1. The molecule has 1 aromatic heterocycles. The molecule has 1 unspecified atom stereocenters. The summed E-state index contributed by atoms with van der Waals surface area (Å²) >= 11 is 0. The molecule has 4 heterocycles. The van der Waals surface area contributed by atoms with Crippen LogP contribution in [0.3, 0.4) is 0 Å². The third-order valence-electron chi connectivity index (χ3n) is 7.63. The number of anilines is 3. The van der Waals surface area contributed by atoms with Gasteiger partial charge in [-0.2, -0.15) is 13.2 Å². The van der Waals surface area contributed by atoms with Crippen LogP contribution in [0.25, 0.3) is 11.1 Å². The number of nitrogens with one attached hydrogen (secondary N) is 1. The first-order valence-corrected chi connectivity index (χ1v) is 13.3. The molecule has 8 nitrogen and oxygen atoms in total. The van der Waals surface area contributed by atoms with E-state index in [4.69, 9.17) is 4.74 Å². The lowest BCUT2D eigenvalue weighted by Gasteiger charge is -2.29. The number of pyridine rings is 1. The monoisotopic (exact) mass is 569 g/mol. The molecule has 5 rings (SSSR count). The number of hydrogen-bond donors (Lipinski definition) is 2. The van der Waals surface area contributed by atoms with E-state index in [0.717, 1.165) is 11.1 Å². The lowest BCUT2D eigenvalue weighted by atomic mass is 10.00. The van der Waals surface area contributed by atoms with Crippen molar-refractivity contribution in [1.29, 1.82) is 0 Å². The minimum absolute atomic E-state index is 0.0347. The highest BCUT2D eigenvalue weighted by Gasteiger charge is 2.47. The van der Waals surface area contributed by atoms with Gasteiger partial charge in [-0.25, -0.2) is 18.6 Å². The zero-order chi connectivity index (χ0) is 28.7. The molecule has 2 aromatic rings. The molecule has 3 aliphatic rings. The number of carbonyl (C=O) groups is 1. The van der Waals surface area contributed by atoms with Crippen LogP contribution in [-0.2, 0) is 4.74 Å². The highest BCUT2D eigenvalue weighted by molar-refractivity contribution is 5.91. The number of ether oxygens (including phenoxy) is 1. The van der Waals surface area contributed by atoms with Gasteiger partial charge in [-0.3, -0.25) is 0 Å². The molecule has 0 aliphatic carbocycles. The average molecular weight is 570 g/mol. The summed E-state index contributed by atoms with van der Waals surface area (Å²) < 4.78 is 72.1. The fourth-order valence-electron chi connectivity index (χ4n) is 5.44. The first-order chi connectivity index (χ1) is 18.9. The molecule has 0 saturated carbocycles. The fourth-order valence-corrected chi connectivity index (χ4v) is 5.44. The topological polar surface area (TPSA) is 81.2 Å². The van der Waals surface area contributed by atoms with Gasteiger partial charge in [0.05, 0.1) is 26.3 Å². The summed E-state index contributed by atoms with van der Waals surface area (Å²) in [6.07, 6.45) is -6.69. The molecular formula is C27H32F5N5O3. The Morgan fingerprint density at radius 3 is 2.45 bits per heavy atom. The number of aromatic nitrogens is 1. The van der Waals surface area contributed by atoms with Crippen molar-refractivity contribution in [3.05, 3.63) is 35.9 Å². The number of benzene rings is 1. The molecule has 3 aliphatic heterocycles. The number of amides is 2. The Bertz CT molecular complexity index is 1240. The van der Waals surface area contributed by atoms with Crippen LogP contribution in [0.4, 0.5) is 44.1 Å². The fraction of sp³-hybridized carbons (Fsp3) is 0.556. The van der Waals surface area contributed by atoms with Crippen molar-refractivity contribution in [3.63, 3.8) is 0 Å². The lowest BCUT2D eigenvalue weighted by Crippen LogP contribution is -2.37. The van der Waals surface area contributed by atoms with Crippen LogP contribution in [0, 0.1) is 12.8 Å². The Hall–Kier alpha value is -3.19. The Balaban J connectivity index is 1.40. The first-order valence-electron chi connectivity index (χ1n) is 13.3. The summed E-state index contributed by atoms with van der Waals surface area (Å²) in [5, 5.41) is 12.7. The normalized spacial score (nSPS) is 23.1. The molecule has 13 heteroatoms. The highest BCUT2D eigenvalue weighted by Crippen LogP contribution is 2.36. The van der Waals surface area contributed by atoms with Crippen molar-refractivity contribution in [2.24, 2.45) is 5.92 Å². The highest BCUT2D eigenvalue weighted by atomic mass is 19.4. The van der Waals surface area contributed by atoms with E-state index in [0.29, 0.717) is 55.6 Å². The number of aliphatic hydroxyl groups is 1. The van der Waals surface area contributed by atoms with Crippen LogP contribution >= 0.6 is 0 Å². The summed E-state index contributed by atoms with van der Waals surface area (Å²) in [5.74, 6) is -2.99. The number of nitrogens with zero attached hydrogens (tertiary/aromatic N) is 4. The van der Waals surface area contributed by atoms with Gasteiger partial charge in [0.25, 0.3) is 5.92 Å². The van der Waals surface area contributed by atoms with E-state index in [-0.39, 0.29) is 19.6 Å². The van der Waals surface area contributed by atoms with E-state index in [1.807, 2.05) is 24.0 Å². The van der Waals surface area contributed by atoms with Gasteiger partial charge < -0.3 is 29.9 Å². The van der Waals surface area contributed by atoms with Gasteiger partial charge in [0.15, 0.2) is 0 Å². The van der Waals surface area contributed by atoms with Crippen molar-refractivity contribution in [3.8, 4) is 11.1 Å². The smallest absolute Gasteiger partial charge is 0.385 e. The van der Waals surface area contributed by atoms with Crippen molar-refractivity contribution in [2.75, 3.05) is 67.6 Å². The summed E-state index contributed by atoms with van der Waals surface area (Å²) in [6, 6.07) is 8.35. The van der Waals surface area contributed by atoms with E-state index < -0.39 is 43.1 Å². The minimum atomic E-state index is -4.27. The van der Waals surface area contributed by atoms with E-state index in [2.05, 4.69) is 10.3 Å². The van der Waals surface area contributed by atoms with Gasteiger partial charge in [0, 0.05) is 38.3 Å². The lowest BCUT2D eigenvalue weighted by molar-refractivity contribution is -0.143. The molecule has 3 saturated heterocycles. The Labute approximate surface area is 228 Å². The molecule has 3 fully saturated rings. The third kappa shape index (κ3) is 6.41. The Morgan fingerprint density at radius 1 is 1.10 bits per heavy atom. The number of aliphatic hydroxyl groups excluding tert-OH is 1. The summed E-state index contributed by atoms with van der Waals surface area (Å²) in [4.78, 5) is 22.2. The number of halogens is 5. The van der Waals surface area contributed by atoms with Gasteiger partial charge in [0.1, 0.15) is 17.7 Å². The maximum Gasteiger partial charge on any atom is 0.389 e. The molecule has 2 amide bonds. The average Bonchev–Trinajstić information content (AvgIpc) is 3.47. The van der Waals surface area contributed by atoms with Crippen molar-refractivity contribution >= 4 is 23.4 Å². The number of morpholine rings is 1. The third-order valence-corrected chi connectivity index (χ3v) is 7.63. The molecular weight excluding hydrogens is 537 g/mol. The predicted octanol–water partition coefficient (Wildman–Crippen LogP) is 4.52. The number of hydrogen-bond acceptors (Lipinski definition) is 6. The number of aryl methyl sites for hydroxylation is 1. The van der Waals surface area contributed by atoms with Crippen LogP contribution in [0.1, 0.15) is 18.4 Å². The predicted molar refractivity (Wildman–Crippen MR) is 140 cm³/mol. The SMILES string of the molecule is Cc1ccc(NC(=O)N2CCC(CC(F)(F)F)C2)cc1-c1cc(N2CCOCC2)nc(N2C[C@@H](O)C(F)(F)C2)c1. The van der Waals surface area contributed by atoms with Crippen LogP contribution in [-0.4, -0.2) is 91.7 Å². The van der Waals surface area contributed by atoms with E-state index in [9.17, 15) is 31.9 Å². The molecule has 1 aromatic carbocycles. The zero-order valence-electron chi connectivity index (χ0n) is 22.1. The number of alkyl halides is 5. The first kappa shape index (κ1) is 28.3. The molecule has 2 atom stereocenters. The number of rotatable bonds is 5. The maximum absolute atomic E-state index is 14.2. The molecule has 0 spiro atoms. The van der Waals surface area contributed by atoms with Gasteiger partial charge in [0.2, 0.25) is 0 Å². The van der Waals surface area contributed by atoms with Gasteiger partial charge in [-0.1, -0.05) is 6.07 Å². The standard InChI is InChI=1S/C27H32F5N5O3/c1-17-2-3-20(33-25(39)36-5-4-18(14-36)13-27(30,31)32)12-21(17)19-10-23(35-6-8-40-9-7-35)34-24(11-19)37-15-22(38)26(28,29)16-37/h2-3,10-12,18,22,38H,4-9,13-16H2,1H3,(H,33,39)/t18?,22-/m1/s1. The van der Waals surface area contributed by atoms with Crippen molar-refractivity contribution < 1.29 is 36.6 Å². The number of likely N-dealkylation sites (tertiary alicyclic amines) is 1. The van der Waals surface area contributed by atoms with Crippen LogP contribution in [0.2, 0.25) is 0 Å². The maximum atomic E-state index is 14.2. The van der Waals surface area contributed by atoms with Crippen molar-refractivity contribution in [1.82, 2.24) is 9.88 Å².